The van der Waals surface area contributed by atoms with Crippen LogP contribution in [0.1, 0.15) is 40.0 Å². The first-order chi connectivity index (χ1) is 7.32. The molecule has 16 heavy (non-hydrogen) atoms. The first kappa shape index (κ1) is 11.9. The molecule has 0 spiro atoms. The summed E-state index contributed by atoms with van der Waals surface area (Å²) in [7, 11) is 2.17. The standard InChI is InChI=1S/C13H23NO2/c1-13(2,3)11-9(12(15)16)7-8-5-6-10(11)14(8)4/h8-11H,5-7H2,1-4H3,(H,15,16). The van der Waals surface area contributed by atoms with Crippen LogP contribution in [0, 0.1) is 17.3 Å². The van der Waals surface area contributed by atoms with Gasteiger partial charge >= 0.3 is 5.97 Å². The van der Waals surface area contributed by atoms with Gasteiger partial charge in [0.25, 0.3) is 0 Å². The minimum absolute atomic E-state index is 0.0806. The zero-order valence-corrected chi connectivity index (χ0v) is 10.7. The molecule has 3 nitrogen and oxygen atoms in total. The summed E-state index contributed by atoms with van der Waals surface area (Å²) in [5.74, 6) is -0.452. The lowest BCUT2D eigenvalue weighted by Gasteiger charge is -2.47. The van der Waals surface area contributed by atoms with Crippen LogP contribution in [0.2, 0.25) is 0 Å². The van der Waals surface area contributed by atoms with Gasteiger partial charge < -0.3 is 10.0 Å². The molecule has 4 atom stereocenters. The maximum absolute atomic E-state index is 11.4. The summed E-state index contributed by atoms with van der Waals surface area (Å²) in [5, 5.41) is 9.40. The Labute approximate surface area is 97.8 Å². The predicted molar refractivity (Wildman–Crippen MR) is 63.3 cm³/mol. The Hall–Kier alpha value is -0.570. The number of piperidine rings is 1. The number of hydrogen-bond donors (Lipinski definition) is 1. The SMILES string of the molecule is CN1C2CCC1C(C(C)(C)C)C(C(=O)O)C2. The summed E-state index contributed by atoms with van der Waals surface area (Å²) in [6, 6.07) is 0.976. The third-order valence-electron chi connectivity index (χ3n) is 4.59. The summed E-state index contributed by atoms with van der Waals surface area (Å²) in [6.45, 7) is 6.54. The summed E-state index contributed by atoms with van der Waals surface area (Å²) in [5.41, 5.74) is 0.0806. The molecule has 2 aliphatic heterocycles. The lowest BCUT2D eigenvalue weighted by molar-refractivity contribution is -0.150. The molecular formula is C13H23NO2. The third-order valence-corrected chi connectivity index (χ3v) is 4.59. The van der Waals surface area contributed by atoms with Crippen LogP contribution in [0.15, 0.2) is 0 Å². The average Bonchev–Trinajstić information content (AvgIpc) is 2.40. The number of hydrogen-bond acceptors (Lipinski definition) is 2. The van der Waals surface area contributed by atoms with E-state index >= 15 is 0 Å². The van der Waals surface area contributed by atoms with Gasteiger partial charge in [0.15, 0.2) is 0 Å². The zero-order chi connectivity index (χ0) is 12.1. The number of carboxylic acids is 1. The molecule has 0 aromatic rings. The van der Waals surface area contributed by atoms with Crippen molar-refractivity contribution in [3.63, 3.8) is 0 Å². The van der Waals surface area contributed by atoms with Crippen LogP contribution in [0.4, 0.5) is 0 Å². The molecule has 0 aromatic heterocycles. The first-order valence-electron chi connectivity index (χ1n) is 6.27. The zero-order valence-electron chi connectivity index (χ0n) is 10.7. The Morgan fingerprint density at radius 3 is 2.44 bits per heavy atom. The molecule has 2 aliphatic rings. The highest BCUT2D eigenvalue weighted by atomic mass is 16.4. The van der Waals surface area contributed by atoms with Crippen molar-refractivity contribution in [2.45, 2.75) is 52.1 Å². The Kier molecular flexibility index (Phi) is 2.77. The van der Waals surface area contributed by atoms with E-state index in [0.29, 0.717) is 12.1 Å². The fourth-order valence-electron chi connectivity index (χ4n) is 3.90. The van der Waals surface area contributed by atoms with Crippen molar-refractivity contribution < 1.29 is 9.90 Å². The fraction of sp³-hybridized carbons (Fsp3) is 0.923. The average molecular weight is 225 g/mol. The van der Waals surface area contributed by atoms with E-state index in [9.17, 15) is 9.90 Å². The highest BCUT2D eigenvalue weighted by Gasteiger charge is 2.51. The second kappa shape index (κ2) is 3.73. The van der Waals surface area contributed by atoms with Gasteiger partial charge in [-0.3, -0.25) is 4.79 Å². The molecule has 4 unspecified atom stereocenters. The maximum atomic E-state index is 11.4. The van der Waals surface area contributed by atoms with Gasteiger partial charge in [-0.25, -0.2) is 0 Å². The summed E-state index contributed by atoms with van der Waals surface area (Å²) < 4.78 is 0. The molecular weight excluding hydrogens is 202 g/mol. The summed E-state index contributed by atoms with van der Waals surface area (Å²) in [4.78, 5) is 13.8. The van der Waals surface area contributed by atoms with Gasteiger partial charge in [0, 0.05) is 12.1 Å². The number of carbonyl (C=O) groups is 1. The van der Waals surface area contributed by atoms with Crippen LogP contribution in [0.3, 0.4) is 0 Å². The highest BCUT2D eigenvalue weighted by molar-refractivity contribution is 5.71. The molecule has 2 saturated heterocycles. The summed E-state index contributed by atoms with van der Waals surface area (Å²) >= 11 is 0. The molecule has 0 aliphatic carbocycles. The van der Waals surface area contributed by atoms with E-state index in [-0.39, 0.29) is 17.3 Å². The fourth-order valence-corrected chi connectivity index (χ4v) is 3.90. The second-order valence-corrected chi connectivity index (χ2v) is 6.54. The van der Waals surface area contributed by atoms with Crippen molar-refractivity contribution >= 4 is 5.97 Å². The topological polar surface area (TPSA) is 40.5 Å². The quantitative estimate of drug-likeness (QED) is 0.744. The van der Waals surface area contributed by atoms with Crippen molar-refractivity contribution in [3.05, 3.63) is 0 Å². The molecule has 2 fully saturated rings. The molecule has 3 heteroatoms. The third kappa shape index (κ3) is 1.75. The lowest BCUT2D eigenvalue weighted by atomic mass is 9.66. The molecule has 0 saturated carbocycles. The van der Waals surface area contributed by atoms with Crippen LogP contribution in [-0.4, -0.2) is 35.1 Å². The van der Waals surface area contributed by atoms with Gasteiger partial charge in [-0.15, -0.1) is 0 Å². The van der Waals surface area contributed by atoms with Gasteiger partial charge in [0.2, 0.25) is 0 Å². The molecule has 0 amide bonds. The Morgan fingerprint density at radius 2 is 1.94 bits per heavy atom. The van der Waals surface area contributed by atoms with Crippen LogP contribution in [0.25, 0.3) is 0 Å². The van der Waals surface area contributed by atoms with E-state index in [1.807, 2.05) is 0 Å². The number of carboxylic acid groups (broad SMARTS) is 1. The molecule has 0 radical (unpaired) electrons. The van der Waals surface area contributed by atoms with Crippen LogP contribution in [-0.2, 0) is 4.79 Å². The minimum atomic E-state index is -0.593. The monoisotopic (exact) mass is 225 g/mol. The van der Waals surface area contributed by atoms with Gasteiger partial charge in [-0.05, 0) is 37.6 Å². The molecule has 2 bridgehead atoms. The van der Waals surface area contributed by atoms with Crippen LogP contribution >= 0.6 is 0 Å². The van der Waals surface area contributed by atoms with Gasteiger partial charge in [-0.2, -0.15) is 0 Å². The molecule has 1 N–H and O–H groups in total. The maximum Gasteiger partial charge on any atom is 0.306 e. The number of aliphatic carboxylic acids is 1. The van der Waals surface area contributed by atoms with Crippen molar-refractivity contribution in [2.24, 2.45) is 17.3 Å². The van der Waals surface area contributed by atoms with E-state index in [0.717, 1.165) is 6.42 Å². The number of nitrogens with zero attached hydrogens (tertiary/aromatic N) is 1. The normalized spacial score (nSPS) is 40.0. The Bertz CT molecular complexity index is 295. The van der Waals surface area contributed by atoms with Gasteiger partial charge in [0.1, 0.15) is 0 Å². The van der Waals surface area contributed by atoms with E-state index < -0.39 is 5.97 Å². The molecule has 2 rings (SSSR count). The summed E-state index contributed by atoms with van der Waals surface area (Å²) in [6.07, 6.45) is 3.19. The van der Waals surface area contributed by atoms with Crippen molar-refractivity contribution in [1.29, 1.82) is 0 Å². The molecule has 0 aromatic carbocycles. The van der Waals surface area contributed by atoms with Crippen molar-refractivity contribution in [1.82, 2.24) is 4.90 Å². The number of fused-ring (bicyclic) bond motifs is 2. The lowest BCUT2D eigenvalue weighted by Crippen LogP contribution is -2.53. The van der Waals surface area contributed by atoms with E-state index in [4.69, 9.17) is 0 Å². The van der Waals surface area contributed by atoms with E-state index in [1.165, 1.54) is 12.8 Å². The van der Waals surface area contributed by atoms with Gasteiger partial charge in [-0.1, -0.05) is 20.8 Å². The smallest absolute Gasteiger partial charge is 0.306 e. The second-order valence-electron chi connectivity index (χ2n) is 6.54. The van der Waals surface area contributed by atoms with Gasteiger partial charge in [0.05, 0.1) is 5.92 Å². The molecule has 92 valence electrons. The Balaban J connectivity index is 2.31. The van der Waals surface area contributed by atoms with Crippen LogP contribution in [0.5, 0.6) is 0 Å². The molecule has 2 heterocycles. The largest absolute Gasteiger partial charge is 0.481 e. The first-order valence-corrected chi connectivity index (χ1v) is 6.27. The highest BCUT2D eigenvalue weighted by Crippen LogP contribution is 2.48. The number of rotatable bonds is 1. The minimum Gasteiger partial charge on any atom is -0.481 e. The van der Waals surface area contributed by atoms with E-state index in [2.05, 4.69) is 32.7 Å². The van der Waals surface area contributed by atoms with E-state index in [1.54, 1.807) is 0 Å². The van der Waals surface area contributed by atoms with Crippen LogP contribution < -0.4 is 0 Å². The Morgan fingerprint density at radius 1 is 1.31 bits per heavy atom. The predicted octanol–water partition coefficient (Wildman–Crippen LogP) is 2.22. The van der Waals surface area contributed by atoms with Crippen molar-refractivity contribution in [2.75, 3.05) is 7.05 Å². The van der Waals surface area contributed by atoms with Crippen molar-refractivity contribution in [3.8, 4) is 0 Å².